The van der Waals surface area contributed by atoms with E-state index in [9.17, 15) is 20.1 Å². The molecule has 24 heavy (non-hydrogen) atoms. The van der Waals surface area contributed by atoms with Gasteiger partial charge in [0.15, 0.2) is 0 Å². The second kappa shape index (κ2) is 6.12. The van der Waals surface area contributed by atoms with Gasteiger partial charge in [-0.2, -0.15) is 0 Å². The van der Waals surface area contributed by atoms with Crippen LogP contribution in [0.4, 0.5) is 0 Å². The highest BCUT2D eigenvalue weighted by molar-refractivity contribution is 6.33. The predicted molar refractivity (Wildman–Crippen MR) is 92.7 cm³/mol. The average Bonchev–Trinajstić information content (AvgIpc) is 2.53. The fourth-order valence-corrected chi connectivity index (χ4v) is 2.42. The summed E-state index contributed by atoms with van der Waals surface area (Å²) in [6.07, 6.45) is 1.39. The Kier molecular flexibility index (Phi) is 3.99. The number of aromatic hydroxyl groups is 3. The van der Waals surface area contributed by atoms with Crippen molar-refractivity contribution < 1.29 is 15.3 Å². The Morgan fingerprint density at radius 1 is 1.08 bits per heavy atom. The molecule has 118 valence electrons. The highest BCUT2D eigenvalue weighted by Gasteiger charge is 2.09. The number of phenolic OH excluding ortho intramolecular Hbond substituents is 2. The van der Waals surface area contributed by atoms with Crippen molar-refractivity contribution >= 4 is 30.3 Å². The Morgan fingerprint density at radius 2 is 1.88 bits per heavy atom. The van der Waals surface area contributed by atoms with Gasteiger partial charge in [0.2, 0.25) is 5.88 Å². The number of aliphatic imine (C=N–C) groups is 1. The van der Waals surface area contributed by atoms with Crippen LogP contribution in [0.2, 0.25) is 0 Å². The second-order valence-corrected chi connectivity index (χ2v) is 5.30. The molecule has 0 aliphatic carbocycles. The monoisotopic (exact) mass is 320 g/mol. The molecule has 4 N–H and O–H groups in total. The summed E-state index contributed by atoms with van der Waals surface area (Å²) in [4.78, 5) is 18.4. The molecule has 0 atom stereocenters. The fourth-order valence-electron chi connectivity index (χ4n) is 2.42. The lowest BCUT2D eigenvalue weighted by atomic mass is 9.92. The Morgan fingerprint density at radius 3 is 2.67 bits per heavy atom. The molecule has 0 fully saturated rings. The molecule has 2 radical (unpaired) electrons. The highest BCUT2D eigenvalue weighted by Crippen LogP contribution is 2.23. The third-order valence-electron chi connectivity index (χ3n) is 3.61. The van der Waals surface area contributed by atoms with Gasteiger partial charge in [-0.3, -0.25) is 14.8 Å². The van der Waals surface area contributed by atoms with Crippen molar-refractivity contribution in [2.75, 3.05) is 0 Å². The smallest absolute Gasteiger partial charge is 0.258 e. The number of rotatable bonds is 3. The molecule has 1 heterocycles. The Labute approximate surface area is 138 Å². The van der Waals surface area contributed by atoms with Gasteiger partial charge < -0.3 is 15.3 Å². The molecule has 0 saturated carbocycles. The molecule has 6 nitrogen and oxygen atoms in total. The molecule has 1 aromatic heterocycles. The van der Waals surface area contributed by atoms with Crippen LogP contribution in [0.15, 0.2) is 46.2 Å². The van der Waals surface area contributed by atoms with E-state index >= 15 is 0 Å². The number of fused-ring (bicyclic) bond motifs is 1. The molecule has 0 aliphatic heterocycles. The normalized spacial score (nSPS) is 11.3. The SMILES string of the molecule is [B]c1ccc2c(=O)[nH]c(O)c(C=NCc3cc(O)ccc3O)c2c1. The topological polar surface area (TPSA) is 106 Å². The number of hydrogen-bond donors (Lipinski definition) is 4. The van der Waals surface area contributed by atoms with Crippen LogP contribution >= 0.6 is 0 Å². The van der Waals surface area contributed by atoms with Crippen LogP contribution in [0.5, 0.6) is 17.4 Å². The minimum atomic E-state index is -0.426. The molecular weight excluding hydrogens is 307 g/mol. The van der Waals surface area contributed by atoms with E-state index in [2.05, 4.69) is 9.98 Å². The standard InChI is InChI=1S/C17H13BN2O4/c18-10-1-3-12-13(6-10)14(17(24)20-16(12)23)8-19-7-9-5-11(21)2-4-15(9)22/h1-6,8,21-22H,7H2,(H2,20,23,24). The summed E-state index contributed by atoms with van der Waals surface area (Å²) in [6.45, 7) is 0.0859. The zero-order chi connectivity index (χ0) is 17.3. The lowest BCUT2D eigenvalue weighted by molar-refractivity contribution is 0.452. The molecule has 0 saturated heterocycles. The number of nitrogens with zero attached hydrogens (tertiary/aromatic N) is 1. The van der Waals surface area contributed by atoms with E-state index in [1.165, 1.54) is 24.4 Å². The van der Waals surface area contributed by atoms with Crippen molar-refractivity contribution in [3.05, 3.63) is 57.9 Å². The summed E-state index contributed by atoms with van der Waals surface area (Å²) in [5.74, 6) is -0.296. The quantitative estimate of drug-likeness (QED) is 0.329. The lowest BCUT2D eigenvalue weighted by Crippen LogP contribution is -2.11. The second-order valence-electron chi connectivity index (χ2n) is 5.30. The van der Waals surface area contributed by atoms with Crippen LogP contribution in [0.3, 0.4) is 0 Å². The van der Waals surface area contributed by atoms with Crippen molar-refractivity contribution in [1.29, 1.82) is 0 Å². The summed E-state index contributed by atoms with van der Waals surface area (Å²) in [7, 11) is 5.75. The number of phenols is 2. The molecule has 7 heteroatoms. The number of H-pyrrole nitrogens is 1. The maximum Gasteiger partial charge on any atom is 0.258 e. The molecule has 0 bridgehead atoms. The van der Waals surface area contributed by atoms with Crippen molar-refractivity contribution in [3.8, 4) is 17.4 Å². The molecule has 2 aromatic carbocycles. The summed E-state index contributed by atoms with van der Waals surface area (Å²) >= 11 is 0. The first-order chi connectivity index (χ1) is 11.5. The maximum atomic E-state index is 11.9. The third kappa shape index (κ3) is 2.96. The first-order valence-electron chi connectivity index (χ1n) is 7.11. The average molecular weight is 320 g/mol. The zero-order valence-corrected chi connectivity index (χ0v) is 12.5. The highest BCUT2D eigenvalue weighted by atomic mass is 16.3. The van der Waals surface area contributed by atoms with Gasteiger partial charge in [-0.25, -0.2) is 0 Å². The van der Waals surface area contributed by atoms with Gasteiger partial charge in [-0.1, -0.05) is 17.6 Å². The molecule has 0 amide bonds. The summed E-state index contributed by atoms with van der Waals surface area (Å²) in [5.41, 5.74) is 0.772. The fraction of sp³-hybridized carbons (Fsp3) is 0.0588. The molecule has 0 aliphatic rings. The summed E-state index contributed by atoms with van der Waals surface area (Å²) in [6, 6.07) is 8.88. The van der Waals surface area contributed by atoms with Crippen LogP contribution in [0.25, 0.3) is 10.8 Å². The summed E-state index contributed by atoms with van der Waals surface area (Å²) < 4.78 is 0. The number of hydrogen-bond acceptors (Lipinski definition) is 5. The van der Waals surface area contributed by atoms with E-state index in [0.29, 0.717) is 27.4 Å². The minimum Gasteiger partial charge on any atom is -0.508 e. The molecular formula is C17H13BN2O4. The maximum absolute atomic E-state index is 11.9. The zero-order valence-electron chi connectivity index (χ0n) is 12.5. The van der Waals surface area contributed by atoms with E-state index < -0.39 is 5.56 Å². The third-order valence-corrected chi connectivity index (χ3v) is 3.61. The number of aromatic nitrogens is 1. The number of pyridine rings is 1. The molecule has 3 rings (SSSR count). The minimum absolute atomic E-state index is 0.00439. The first-order valence-corrected chi connectivity index (χ1v) is 7.11. The lowest BCUT2D eigenvalue weighted by Gasteiger charge is -2.06. The first kappa shape index (κ1) is 15.7. The Balaban J connectivity index is 2.02. The molecule has 0 unspecified atom stereocenters. The van der Waals surface area contributed by atoms with E-state index in [0.717, 1.165) is 0 Å². The van der Waals surface area contributed by atoms with E-state index in [1.807, 2.05) is 0 Å². The summed E-state index contributed by atoms with van der Waals surface area (Å²) in [5, 5.41) is 30.0. The van der Waals surface area contributed by atoms with E-state index in [4.69, 9.17) is 7.85 Å². The Hall–Kier alpha value is -3.22. The Bertz CT molecular complexity index is 1010. The van der Waals surface area contributed by atoms with Crippen LogP contribution < -0.4 is 11.0 Å². The van der Waals surface area contributed by atoms with Gasteiger partial charge in [0, 0.05) is 22.6 Å². The van der Waals surface area contributed by atoms with E-state index in [1.54, 1.807) is 18.2 Å². The van der Waals surface area contributed by atoms with Gasteiger partial charge in [-0.05, 0) is 24.3 Å². The van der Waals surface area contributed by atoms with Crippen molar-refractivity contribution in [1.82, 2.24) is 4.98 Å². The van der Waals surface area contributed by atoms with Crippen LogP contribution in [0.1, 0.15) is 11.1 Å². The molecule has 0 spiro atoms. The van der Waals surface area contributed by atoms with Crippen LogP contribution in [-0.2, 0) is 6.54 Å². The number of aromatic amines is 1. The van der Waals surface area contributed by atoms with Gasteiger partial charge in [0.05, 0.1) is 12.1 Å². The molecule has 3 aromatic rings. The van der Waals surface area contributed by atoms with Gasteiger partial charge in [-0.15, -0.1) is 0 Å². The number of benzene rings is 2. The van der Waals surface area contributed by atoms with Gasteiger partial charge in [0.25, 0.3) is 5.56 Å². The number of nitrogens with one attached hydrogen (secondary N) is 1. The van der Waals surface area contributed by atoms with Crippen LogP contribution in [0, 0.1) is 0 Å². The van der Waals surface area contributed by atoms with E-state index in [-0.39, 0.29) is 23.9 Å². The van der Waals surface area contributed by atoms with Crippen molar-refractivity contribution in [2.24, 2.45) is 4.99 Å². The van der Waals surface area contributed by atoms with Gasteiger partial charge in [0.1, 0.15) is 19.3 Å². The largest absolute Gasteiger partial charge is 0.508 e. The predicted octanol–water partition coefficient (Wildman–Crippen LogP) is 1.06. The van der Waals surface area contributed by atoms with Crippen molar-refractivity contribution in [3.63, 3.8) is 0 Å². The van der Waals surface area contributed by atoms with Crippen molar-refractivity contribution in [2.45, 2.75) is 6.54 Å². The van der Waals surface area contributed by atoms with Crippen LogP contribution in [-0.4, -0.2) is 34.4 Å². The van der Waals surface area contributed by atoms with Gasteiger partial charge >= 0.3 is 0 Å².